The standard InChI is InChI=1S/C12H7ClN2O5/c13-7-2-1-3-8(4-7)20-11-5-9(12(16)17)10(6-14-11)15(18)19/h1-6H,(H,16,17). The number of halogens is 1. The highest BCUT2D eigenvalue weighted by Crippen LogP contribution is 2.26. The normalized spacial score (nSPS) is 10.1. The van der Waals surface area contributed by atoms with Gasteiger partial charge in [0, 0.05) is 11.1 Å². The predicted molar refractivity (Wildman–Crippen MR) is 69.4 cm³/mol. The first-order chi connectivity index (χ1) is 9.47. The molecule has 2 aromatic rings. The van der Waals surface area contributed by atoms with E-state index in [9.17, 15) is 14.9 Å². The summed E-state index contributed by atoms with van der Waals surface area (Å²) in [6.45, 7) is 0. The fraction of sp³-hybridized carbons (Fsp3) is 0. The van der Waals surface area contributed by atoms with Crippen molar-refractivity contribution in [1.82, 2.24) is 4.98 Å². The summed E-state index contributed by atoms with van der Waals surface area (Å²) < 4.78 is 5.30. The molecule has 0 saturated heterocycles. The van der Waals surface area contributed by atoms with Gasteiger partial charge in [0.15, 0.2) is 0 Å². The van der Waals surface area contributed by atoms with Gasteiger partial charge < -0.3 is 9.84 Å². The molecule has 1 aromatic heterocycles. The van der Waals surface area contributed by atoms with E-state index in [0.29, 0.717) is 10.8 Å². The minimum Gasteiger partial charge on any atom is -0.477 e. The number of aromatic nitrogens is 1. The molecule has 7 nitrogen and oxygen atoms in total. The van der Waals surface area contributed by atoms with Crippen molar-refractivity contribution in [1.29, 1.82) is 0 Å². The summed E-state index contributed by atoms with van der Waals surface area (Å²) >= 11 is 5.78. The molecule has 1 N–H and O–H groups in total. The fourth-order valence-corrected chi connectivity index (χ4v) is 1.63. The third-order valence-electron chi connectivity index (χ3n) is 2.30. The van der Waals surface area contributed by atoms with Gasteiger partial charge in [0.1, 0.15) is 17.5 Å². The average molecular weight is 295 g/mol. The van der Waals surface area contributed by atoms with Crippen LogP contribution in [0, 0.1) is 10.1 Å². The summed E-state index contributed by atoms with van der Waals surface area (Å²) in [6.07, 6.45) is 0.837. The van der Waals surface area contributed by atoms with Crippen LogP contribution in [0.1, 0.15) is 10.4 Å². The first-order valence-electron chi connectivity index (χ1n) is 5.28. The van der Waals surface area contributed by atoms with Crippen LogP contribution in [0.5, 0.6) is 11.6 Å². The molecule has 1 aromatic carbocycles. The second-order valence-corrected chi connectivity index (χ2v) is 4.10. The fourth-order valence-electron chi connectivity index (χ4n) is 1.45. The van der Waals surface area contributed by atoms with E-state index in [1.807, 2.05) is 0 Å². The summed E-state index contributed by atoms with van der Waals surface area (Å²) in [6, 6.07) is 7.36. The lowest BCUT2D eigenvalue weighted by Crippen LogP contribution is -2.04. The van der Waals surface area contributed by atoms with Crippen molar-refractivity contribution in [3.05, 3.63) is 57.2 Å². The van der Waals surface area contributed by atoms with Gasteiger partial charge in [-0.15, -0.1) is 0 Å². The number of carbonyl (C=O) groups is 1. The zero-order valence-electron chi connectivity index (χ0n) is 9.82. The van der Waals surface area contributed by atoms with E-state index in [0.717, 1.165) is 12.3 Å². The van der Waals surface area contributed by atoms with Gasteiger partial charge in [-0.1, -0.05) is 17.7 Å². The number of benzene rings is 1. The van der Waals surface area contributed by atoms with Crippen LogP contribution in [0.2, 0.25) is 5.02 Å². The Morgan fingerprint density at radius 1 is 1.40 bits per heavy atom. The van der Waals surface area contributed by atoms with Gasteiger partial charge in [-0.3, -0.25) is 10.1 Å². The van der Waals surface area contributed by atoms with Gasteiger partial charge in [-0.2, -0.15) is 0 Å². The molecule has 0 unspecified atom stereocenters. The number of pyridine rings is 1. The highest BCUT2D eigenvalue weighted by molar-refractivity contribution is 6.30. The van der Waals surface area contributed by atoms with Crippen LogP contribution in [0.15, 0.2) is 36.5 Å². The van der Waals surface area contributed by atoms with Crippen molar-refractivity contribution in [2.24, 2.45) is 0 Å². The summed E-state index contributed by atoms with van der Waals surface area (Å²) in [5.41, 5.74) is -1.10. The molecule has 0 aliphatic carbocycles. The Morgan fingerprint density at radius 3 is 2.75 bits per heavy atom. The molecule has 2 rings (SSSR count). The molecular weight excluding hydrogens is 288 g/mol. The molecule has 20 heavy (non-hydrogen) atoms. The molecule has 0 amide bonds. The number of nitro groups is 1. The Kier molecular flexibility index (Phi) is 3.81. The number of aromatic carboxylic acids is 1. The molecule has 0 bridgehead atoms. The molecule has 0 radical (unpaired) electrons. The highest BCUT2D eigenvalue weighted by Gasteiger charge is 2.21. The van der Waals surface area contributed by atoms with E-state index in [2.05, 4.69) is 4.98 Å². The number of ether oxygens (including phenoxy) is 1. The monoisotopic (exact) mass is 294 g/mol. The maximum absolute atomic E-state index is 11.0. The Balaban J connectivity index is 2.36. The quantitative estimate of drug-likeness (QED) is 0.686. The molecule has 0 atom stereocenters. The first-order valence-corrected chi connectivity index (χ1v) is 5.66. The zero-order chi connectivity index (χ0) is 14.7. The van der Waals surface area contributed by atoms with Gasteiger partial charge in [-0.25, -0.2) is 9.78 Å². The lowest BCUT2D eigenvalue weighted by molar-refractivity contribution is -0.385. The van der Waals surface area contributed by atoms with Gasteiger partial charge in [0.05, 0.1) is 4.92 Å². The van der Waals surface area contributed by atoms with Crippen LogP contribution in [0.3, 0.4) is 0 Å². The molecule has 0 aliphatic heterocycles. The maximum Gasteiger partial charge on any atom is 0.342 e. The molecule has 0 spiro atoms. The Labute approximate surface area is 117 Å². The summed E-state index contributed by atoms with van der Waals surface area (Å²) in [5, 5.41) is 20.1. The Bertz CT molecular complexity index is 689. The molecule has 0 aliphatic rings. The van der Waals surface area contributed by atoms with Gasteiger partial charge in [0.2, 0.25) is 5.88 Å². The largest absolute Gasteiger partial charge is 0.477 e. The van der Waals surface area contributed by atoms with Crippen molar-refractivity contribution in [3.8, 4) is 11.6 Å². The minimum absolute atomic E-state index is 0.0738. The Hall–Kier alpha value is -2.67. The summed E-state index contributed by atoms with van der Waals surface area (Å²) in [5.74, 6) is -1.17. The Morgan fingerprint density at radius 2 is 2.15 bits per heavy atom. The second kappa shape index (κ2) is 5.54. The molecule has 8 heteroatoms. The number of hydrogen-bond donors (Lipinski definition) is 1. The third-order valence-corrected chi connectivity index (χ3v) is 2.54. The number of nitrogens with zero attached hydrogens (tertiary/aromatic N) is 2. The van der Waals surface area contributed by atoms with Crippen LogP contribution in [-0.2, 0) is 0 Å². The van der Waals surface area contributed by atoms with Crippen LogP contribution in [0.4, 0.5) is 5.69 Å². The lowest BCUT2D eigenvalue weighted by Gasteiger charge is -2.05. The third kappa shape index (κ3) is 3.01. The number of hydrogen-bond acceptors (Lipinski definition) is 5. The van der Waals surface area contributed by atoms with Crippen LogP contribution in [-0.4, -0.2) is 21.0 Å². The predicted octanol–water partition coefficient (Wildman–Crippen LogP) is 3.13. The van der Waals surface area contributed by atoms with Crippen molar-refractivity contribution in [3.63, 3.8) is 0 Å². The summed E-state index contributed by atoms with van der Waals surface area (Å²) in [4.78, 5) is 24.5. The minimum atomic E-state index is -1.44. The number of rotatable bonds is 4. The molecule has 102 valence electrons. The van der Waals surface area contributed by atoms with Gasteiger partial charge in [0.25, 0.3) is 0 Å². The second-order valence-electron chi connectivity index (χ2n) is 3.66. The van der Waals surface area contributed by atoms with Crippen LogP contribution < -0.4 is 4.74 Å². The van der Waals surface area contributed by atoms with E-state index in [1.165, 1.54) is 6.07 Å². The van der Waals surface area contributed by atoms with E-state index in [-0.39, 0.29) is 5.88 Å². The molecule has 1 heterocycles. The number of carboxylic acid groups (broad SMARTS) is 1. The summed E-state index contributed by atoms with van der Waals surface area (Å²) in [7, 11) is 0. The smallest absolute Gasteiger partial charge is 0.342 e. The average Bonchev–Trinajstić information content (AvgIpc) is 2.38. The van der Waals surface area contributed by atoms with Crippen LogP contribution in [0.25, 0.3) is 0 Å². The van der Waals surface area contributed by atoms with E-state index in [4.69, 9.17) is 21.4 Å². The van der Waals surface area contributed by atoms with Crippen molar-refractivity contribution >= 4 is 23.3 Å². The van der Waals surface area contributed by atoms with Gasteiger partial charge in [-0.05, 0) is 18.2 Å². The topological polar surface area (TPSA) is 103 Å². The molecular formula is C12H7ClN2O5. The number of carboxylic acids is 1. The van der Waals surface area contributed by atoms with E-state index in [1.54, 1.807) is 18.2 Å². The van der Waals surface area contributed by atoms with Gasteiger partial charge >= 0.3 is 11.7 Å². The lowest BCUT2D eigenvalue weighted by atomic mass is 10.2. The maximum atomic E-state index is 11.0. The van der Waals surface area contributed by atoms with Crippen molar-refractivity contribution in [2.75, 3.05) is 0 Å². The zero-order valence-corrected chi connectivity index (χ0v) is 10.6. The highest BCUT2D eigenvalue weighted by atomic mass is 35.5. The van der Waals surface area contributed by atoms with E-state index < -0.39 is 22.1 Å². The van der Waals surface area contributed by atoms with Crippen LogP contribution >= 0.6 is 11.6 Å². The SMILES string of the molecule is O=C(O)c1cc(Oc2cccc(Cl)c2)ncc1[N+](=O)[O-]. The molecule has 0 saturated carbocycles. The first kappa shape index (κ1) is 13.8. The van der Waals surface area contributed by atoms with Crippen molar-refractivity contribution < 1.29 is 19.6 Å². The van der Waals surface area contributed by atoms with E-state index >= 15 is 0 Å². The molecule has 0 fully saturated rings. The van der Waals surface area contributed by atoms with Crippen molar-refractivity contribution in [2.45, 2.75) is 0 Å².